The zero-order valence-corrected chi connectivity index (χ0v) is 24.2. The predicted molar refractivity (Wildman–Crippen MR) is 147 cm³/mol. The fourth-order valence-corrected chi connectivity index (χ4v) is 6.76. The molecule has 0 spiro atoms. The summed E-state index contributed by atoms with van der Waals surface area (Å²) in [5, 5.41) is 9.93. The molecule has 0 radical (unpaired) electrons. The fourth-order valence-electron chi connectivity index (χ4n) is 6.07. The first-order valence-electron chi connectivity index (χ1n) is 13.8. The molecule has 42 heavy (non-hydrogen) atoms. The van der Waals surface area contributed by atoms with Crippen molar-refractivity contribution in [2.24, 2.45) is 0 Å². The van der Waals surface area contributed by atoms with E-state index in [9.17, 15) is 36.6 Å². The number of rotatable bonds is 10. The van der Waals surface area contributed by atoms with Gasteiger partial charge in [-0.2, -0.15) is 13.2 Å². The van der Waals surface area contributed by atoms with E-state index >= 15 is 0 Å². The lowest BCUT2D eigenvalue weighted by Crippen LogP contribution is -2.51. The van der Waals surface area contributed by atoms with E-state index in [0.29, 0.717) is 50.3 Å². The number of alkyl halides is 3. The molecular weight excluding hydrogens is 579 g/mol. The third-order valence-corrected chi connectivity index (χ3v) is 9.07. The summed E-state index contributed by atoms with van der Waals surface area (Å²) < 4.78 is 76.8. The zero-order chi connectivity index (χ0) is 30.6. The van der Waals surface area contributed by atoms with Crippen molar-refractivity contribution in [1.29, 1.82) is 0 Å². The van der Waals surface area contributed by atoms with Crippen molar-refractivity contribution in [2.75, 3.05) is 20.3 Å². The van der Waals surface area contributed by atoms with Crippen LogP contribution in [0.5, 0.6) is 5.75 Å². The van der Waals surface area contributed by atoms with Gasteiger partial charge in [0, 0.05) is 41.7 Å². The second-order valence-electron chi connectivity index (χ2n) is 10.9. The van der Waals surface area contributed by atoms with Gasteiger partial charge in [-0.25, -0.2) is 9.10 Å². The number of halogens is 3. The molecule has 1 saturated carbocycles. The molecule has 1 saturated heterocycles. The van der Waals surface area contributed by atoms with E-state index in [1.54, 1.807) is 26.2 Å². The molecule has 2 aromatic rings. The van der Waals surface area contributed by atoms with Gasteiger partial charge in [-0.05, 0) is 75.1 Å². The van der Waals surface area contributed by atoms with Crippen LogP contribution in [0.25, 0.3) is 0 Å². The topological polar surface area (TPSA) is 135 Å². The minimum atomic E-state index is -4.62. The molecule has 10 nitrogen and oxygen atoms in total. The summed E-state index contributed by atoms with van der Waals surface area (Å²) in [4.78, 5) is 27.8. The van der Waals surface area contributed by atoms with E-state index in [-0.39, 0.29) is 30.9 Å². The standard InChI is InChI=1S/C28H36F3N3O7S/c1-17-13-24(33(42(38)39)12-11-18-3-7-21(40-2)8-4-18)25(34(17)27(36)37)16-41-22-9-5-19(6-10-22)23-14-20(28(29,30)31)15-26(35)32-23/h3-4,7-8,14-15,17,19,22,24-25H,5-6,9-13,16H2,1-2H3,(H,32,35)(H,36,37)(H,38,39)/p-1/t17-,19?,22?,24+,25+/m1/s1. The second-order valence-corrected chi connectivity index (χ2v) is 11.8. The maximum Gasteiger partial charge on any atom is 0.416 e. The van der Waals surface area contributed by atoms with Crippen LogP contribution in [-0.4, -0.2) is 78.6 Å². The monoisotopic (exact) mass is 614 g/mol. The quantitative estimate of drug-likeness (QED) is 0.381. The highest BCUT2D eigenvalue weighted by Crippen LogP contribution is 2.37. The normalized spacial score (nSPS) is 25.5. The minimum Gasteiger partial charge on any atom is -0.760 e. The Hall–Kier alpha value is -2.94. The number of ether oxygens (including phenoxy) is 2. The lowest BCUT2D eigenvalue weighted by atomic mass is 9.84. The van der Waals surface area contributed by atoms with Crippen molar-refractivity contribution < 1.29 is 41.3 Å². The maximum atomic E-state index is 13.2. The van der Waals surface area contributed by atoms with Crippen LogP contribution in [0, 0.1) is 0 Å². The van der Waals surface area contributed by atoms with Crippen LogP contribution in [0.3, 0.4) is 0 Å². The van der Waals surface area contributed by atoms with E-state index in [2.05, 4.69) is 4.98 Å². The number of aromatic amines is 1. The Labute approximate surface area is 244 Å². The zero-order valence-electron chi connectivity index (χ0n) is 23.3. The van der Waals surface area contributed by atoms with Crippen LogP contribution < -0.4 is 10.3 Å². The molecule has 1 unspecified atom stereocenters. The van der Waals surface area contributed by atoms with Crippen LogP contribution in [0.1, 0.15) is 61.8 Å². The molecule has 0 bridgehead atoms. The molecule has 4 rings (SSSR count). The molecule has 1 aromatic heterocycles. The molecule has 232 valence electrons. The van der Waals surface area contributed by atoms with Crippen LogP contribution in [0.2, 0.25) is 0 Å². The third kappa shape index (κ3) is 7.71. The Balaban J connectivity index is 1.40. The SMILES string of the molecule is COc1ccc(CCN([C@H]2C[C@@H](C)N(C(=O)O)[C@H]2COC2CCC(c3cc(C(F)(F)F)cc(=O)[nH]3)CC2)S(=O)[O-])cc1. The number of aromatic nitrogens is 1. The van der Waals surface area contributed by atoms with Crippen molar-refractivity contribution in [3.8, 4) is 5.75 Å². The van der Waals surface area contributed by atoms with Gasteiger partial charge in [-0.15, -0.1) is 0 Å². The van der Waals surface area contributed by atoms with Crippen molar-refractivity contribution in [2.45, 2.75) is 81.8 Å². The summed E-state index contributed by atoms with van der Waals surface area (Å²) in [5.41, 5.74) is -0.651. The summed E-state index contributed by atoms with van der Waals surface area (Å²) in [6.45, 7) is 1.87. The van der Waals surface area contributed by atoms with Crippen LogP contribution in [0.4, 0.5) is 18.0 Å². The van der Waals surface area contributed by atoms with Crippen molar-refractivity contribution in [3.05, 3.63) is 63.6 Å². The van der Waals surface area contributed by atoms with E-state index < -0.39 is 52.8 Å². The Morgan fingerprint density at radius 2 is 1.86 bits per heavy atom. The van der Waals surface area contributed by atoms with Gasteiger partial charge in [0.2, 0.25) is 5.56 Å². The molecule has 1 aromatic carbocycles. The maximum absolute atomic E-state index is 13.2. The number of methoxy groups -OCH3 is 1. The van der Waals surface area contributed by atoms with Gasteiger partial charge >= 0.3 is 12.3 Å². The number of hydrogen-bond acceptors (Lipinski definition) is 6. The highest BCUT2D eigenvalue weighted by molar-refractivity contribution is 7.76. The summed E-state index contributed by atoms with van der Waals surface area (Å²) in [5.74, 6) is 0.407. The van der Waals surface area contributed by atoms with Crippen LogP contribution >= 0.6 is 0 Å². The molecule has 1 aliphatic heterocycles. The van der Waals surface area contributed by atoms with Gasteiger partial charge in [-0.1, -0.05) is 12.1 Å². The first-order chi connectivity index (χ1) is 19.9. The van der Waals surface area contributed by atoms with Gasteiger partial charge in [0.1, 0.15) is 5.75 Å². The number of benzene rings is 1. The number of hydrogen-bond donors (Lipinski definition) is 2. The minimum absolute atomic E-state index is 0.0206. The Morgan fingerprint density at radius 1 is 1.19 bits per heavy atom. The summed E-state index contributed by atoms with van der Waals surface area (Å²) in [7, 11) is 1.55. The number of H-pyrrole nitrogens is 1. The number of nitrogens with zero attached hydrogens (tertiary/aromatic N) is 2. The summed E-state index contributed by atoms with van der Waals surface area (Å²) >= 11 is -2.61. The summed E-state index contributed by atoms with van der Waals surface area (Å²) in [6, 6.07) is 6.99. The number of amides is 1. The first-order valence-corrected chi connectivity index (χ1v) is 14.8. The Kier molecular flexibility index (Phi) is 10.3. The molecule has 1 aliphatic carbocycles. The Bertz CT molecular complexity index is 1300. The van der Waals surface area contributed by atoms with Gasteiger partial charge < -0.3 is 24.1 Å². The number of likely N-dealkylation sites (tertiary alicyclic amines) is 1. The average Bonchev–Trinajstić information content (AvgIpc) is 3.27. The van der Waals surface area contributed by atoms with Gasteiger partial charge in [0.15, 0.2) is 0 Å². The first kappa shape index (κ1) is 32.0. The highest BCUT2D eigenvalue weighted by atomic mass is 32.2. The molecule has 14 heteroatoms. The fraction of sp³-hybridized carbons (Fsp3) is 0.571. The van der Waals surface area contributed by atoms with Crippen molar-refractivity contribution >= 4 is 17.4 Å². The molecule has 2 fully saturated rings. The molecule has 2 aliphatic rings. The number of carbonyl (C=O) groups is 1. The average molecular weight is 615 g/mol. The van der Waals surface area contributed by atoms with Gasteiger partial charge in [-0.3, -0.25) is 13.9 Å². The van der Waals surface area contributed by atoms with Crippen LogP contribution in [-0.2, 0) is 28.6 Å². The van der Waals surface area contributed by atoms with E-state index in [1.165, 1.54) is 9.21 Å². The predicted octanol–water partition coefficient (Wildman–Crippen LogP) is 4.29. The molecule has 2 N–H and O–H groups in total. The van der Waals surface area contributed by atoms with Gasteiger partial charge in [0.05, 0.1) is 31.4 Å². The number of carboxylic acid groups (broad SMARTS) is 1. The summed E-state index contributed by atoms with van der Waals surface area (Å²) in [6.07, 6.45) is -3.38. The lowest BCUT2D eigenvalue weighted by molar-refractivity contribution is -0.137. The third-order valence-electron chi connectivity index (χ3n) is 8.23. The van der Waals surface area contributed by atoms with E-state index in [1.807, 2.05) is 12.1 Å². The Morgan fingerprint density at radius 3 is 2.43 bits per heavy atom. The molecular formula is C28H35F3N3O7S-. The van der Waals surface area contributed by atoms with Crippen LogP contribution in [0.15, 0.2) is 41.2 Å². The van der Waals surface area contributed by atoms with E-state index in [0.717, 1.165) is 11.6 Å². The molecule has 2 heterocycles. The molecule has 4 atom stereocenters. The lowest BCUT2D eigenvalue weighted by Gasteiger charge is -2.37. The largest absolute Gasteiger partial charge is 0.760 e. The molecule has 1 amide bonds. The van der Waals surface area contributed by atoms with Crippen molar-refractivity contribution in [3.63, 3.8) is 0 Å². The highest BCUT2D eigenvalue weighted by Gasteiger charge is 2.45. The van der Waals surface area contributed by atoms with E-state index in [4.69, 9.17) is 9.47 Å². The van der Waals surface area contributed by atoms with Crippen molar-refractivity contribution in [1.82, 2.24) is 14.2 Å². The number of pyridine rings is 1. The number of nitrogens with one attached hydrogen (secondary N) is 1. The smallest absolute Gasteiger partial charge is 0.416 e. The second kappa shape index (κ2) is 13.6. The van der Waals surface area contributed by atoms with Gasteiger partial charge in [0.25, 0.3) is 0 Å².